The number of benzene rings is 2. The van der Waals surface area contributed by atoms with Crippen LogP contribution in [-0.4, -0.2) is 18.0 Å². The standard InChI is InChI=1S/C18H18ClN3O2/c1-11(12-5-3-2-4-6-12)22-16-8-7-14(19)9-13(16)10-15(17(22)23)21-18(20)24/h2-9,11,15H,10H2,1H3,(H3,20,21,24)/t11-,15+/m0/s1. The predicted octanol–water partition coefficient (Wildman–Crippen LogP) is 3.03. The number of hydrogen-bond donors (Lipinski definition) is 2. The third-order valence-electron chi connectivity index (χ3n) is 4.25. The van der Waals surface area contributed by atoms with Gasteiger partial charge in [-0.3, -0.25) is 4.79 Å². The first-order valence-electron chi connectivity index (χ1n) is 7.70. The van der Waals surface area contributed by atoms with Gasteiger partial charge in [-0.2, -0.15) is 0 Å². The smallest absolute Gasteiger partial charge is 0.312 e. The van der Waals surface area contributed by atoms with E-state index in [4.69, 9.17) is 17.3 Å². The number of halogens is 1. The summed E-state index contributed by atoms with van der Waals surface area (Å²) >= 11 is 6.10. The van der Waals surface area contributed by atoms with E-state index >= 15 is 0 Å². The molecule has 2 aromatic carbocycles. The van der Waals surface area contributed by atoms with Gasteiger partial charge < -0.3 is 16.0 Å². The maximum atomic E-state index is 12.9. The van der Waals surface area contributed by atoms with Crippen LogP contribution in [0.4, 0.5) is 10.5 Å². The molecule has 1 aliphatic heterocycles. The Balaban J connectivity index is 2.05. The van der Waals surface area contributed by atoms with Gasteiger partial charge in [0, 0.05) is 17.1 Å². The van der Waals surface area contributed by atoms with E-state index in [9.17, 15) is 9.59 Å². The van der Waals surface area contributed by atoms with E-state index in [0.29, 0.717) is 11.4 Å². The summed E-state index contributed by atoms with van der Waals surface area (Å²) in [7, 11) is 0. The minimum absolute atomic E-state index is 0.181. The summed E-state index contributed by atoms with van der Waals surface area (Å²) in [4.78, 5) is 25.9. The zero-order chi connectivity index (χ0) is 17.3. The third kappa shape index (κ3) is 3.08. The largest absolute Gasteiger partial charge is 0.352 e. The fraction of sp³-hybridized carbons (Fsp3) is 0.222. The number of amides is 3. The van der Waals surface area contributed by atoms with Crippen molar-refractivity contribution in [1.82, 2.24) is 5.32 Å². The van der Waals surface area contributed by atoms with Crippen LogP contribution in [0.5, 0.6) is 0 Å². The quantitative estimate of drug-likeness (QED) is 0.898. The van der Waals surface area contributed by atoms with Crippen molar-refractivity contribution in [3.63, 3.8) is 0 Å². The molecule has 1 aliphatic rings. The van der Waals surface area contributed by atoms with Crippen molar-refractivity contribution >= 4 is 29.2 Å². The summed E-state index contributed by atoms with van der Waals surface area (Å²) in [6.45, 7) is 1.96. The Kier molecular flexibility index (Phi) is 4.44. The zero-order valence-electron chi connectivity index (χ0n) is 13.2. The first kappa shape index (κ1) is 16.3. The average molecular weight is 344 g/mol. The number of nitrogens with zero attached hydrogens (tertiary/aromatic N) is 1. The van der Waals surface area contributed by atoms with E-state index in [1.165, 1.54) is 0 Å². The molecule has 0 radical (unpaired) electrons. The van der Waals surface area contributed by atoms with E-state index in [1.807, 2.05) is 49.4 Å². The molecule has 3 amide bonds. The Labute approximate surface area is 145 Å². The molecule has 5 nitrogen and oxygen atoms in total. The van der Waals surface area contributed by atoms with E-state index < -0.39 is 12.1 Å². The summed E-state index contributed by atoms with van der Waals surface area (Å²) in [5.74, 6) is -0.181. The van der Waals surface area contributed by atoms with Gasteiger partial charge in [-0.25, -0.2) is 4.79 Å². The molecule has 0 saturated heterocycles. The molecular formula is C18H18ClN3O2. The third-order valence-corrected chi connectivity index (χ3v) is 4.48. The normalized spacial score (nSPS) is 18.0. The fourth-order valence-corrected chi connectivity index (χ4v) is 3.31. The number of carbonyl (C=O) groups is 2. The number of anilines is 1. The van der Waals surface area contributed by atoms with Gasteiger partial charge in [-0.15, -0.1) is 0 Å². The molecule has 24 heavy (non-hydrogen) atoms. The molecule has 1 heterocycles. The lowest BCUT2D eigenvalue weighted by Crippen LogP contribution is -2.54. The highest BCUT2D eigenvalue weighted by atomic mass is 35.5. The highest BCUT2D eigenvalue weighted by molar-refractivity contribution is 6.30. The summed E-state index contributed by atoms with van der Waals surface area (Å²) in [6.07, 6.45) is 0.371. The maximum Gasteiger partial charge on any atom is 0.312 e. The van der Waals surface area contributed by atoms with Crippen LogP contribution in [0.1, 0.15) is 24.1 Å². The summed E-state index contributed by atoms with van der Waals surface area (Å²) in [5.41, 5.74) is 7.94. The lowest BCUT2D eigenvalue weighted by Gasteiger charge is -2.38. The van der Waals surface area contributed by atoms with Crippen LogP contribution in [0.25, 0.3) is 0 Å². The van der Waals surface area contributed by atoms with Gasteiger partial charge in [0.2, 0.25) is 0 Å². The van der Waals surface area contributed by atoms with Gasteiger partial charge >= 0.3 is 6.03 Å². The molecule has 2 atom stereocenters. The van der Waals surface area contributed by atoms with E-state index in [0.717, 1.165) is 16.8 Å². The van der Waals surface area contributed by atoms with Gasteiger partial charge in [0.25, 0.3) is 5.91 Å². The SMILES string of the molecule is C[C@@H](c1ccccc1)N1C(=O)[C@H](NC(N)=O)Cc2cc(Cl)ccc21. The van der Waals surface area contributed by atoms with Crippen molar-refractivity contribution in [3.8, 4) is 0 Å². The second kappa shape index (κ2) is 6.53. The fourth-order valence-electron chi connectivity index (χ4n) is 3.11. The number of hydrogen-bond acceptors (Lipinski definition) is 2. The first-order chi connectivity index (χ1) is 11.5. The highest BCUT2D eigenvalue weighted by Gasteiger charge is 2.36. The number of primary amides is 1. The topological polar surface area (TPSA) is 75.4 Å². The number of nitrogens with one attached hydrogen (secondary N) is 1. The van der Waals surface area contributed by atoms with Crippen molar-refractivity contribution in [2.75, 3.05) is 4.90 Å². The minimum Gasteiger partial charge on any atom is -0.352 e. The van der Waals surface area contributed by atoms with Crippen LogP contribution in [0.15, 0.2) is 48.5 Å². The summed E-state index contributed by atoms with van der Waals surface area (Å²) in [5, 5.41) is 3.12. The number of fused-ring (bicyclic) bond motifs is 1. The van der Waals surface area contributed by atoms with Crippen molar-refractivity contribution < 1.29 is 9.59 Å². The number of rotatable bonds is 3. The molecule has 0 spiro atoms. The Morgan fingerprint density at radius 3 is 2.67 bits per heavy atom. The molecule has 3 N–H and O–H groups in total. The van der Waals surface area contributed by atoms with Gasteiger partial charge in [0.15, 0.2) is 0 Å². The second-order valence-corrected chi connectivity index (χ2v) is 6.27. The lowest BCUT2D eigenvalue weighted by molar-refractivity contribution is -0.121. The van der Waals surface area contributed by atoms with E-state index in [1.54, 1.807) is 11.0 Å². The average Bonchev–Trinajstić information content (AvgIpc) is 2.56. The maximum absolute atomic E-state index is 12.9. The Bertz CT molecular complexity index is 779. The van der Waals surface area contributed by atoms with Crippen molar-refractivity contribution in [2.24, 2.45) is 5.73 Å². The molecule has 0 bridgehead atoms. The van der Waals surface area contributed by atoms with Crippen molar-refractivity contribution in [1.29, 1.82) is 0 Å². The van der Waals surface area contributed by atoms with Gasteiger partial charge in [-0.1, -0.05) is 41.9 Å². The van der Waals surface area contributed by atoms with Crippen LogP contribution in [0.3, 0.4) is 0 Å². The van der Waals surface area contributed by atoms with Gasteiger partial charge in [0.1, 0.15) is 6.04 Å². The van der Waals surface area contributed by atoms with Crippen LogP contribution in [0, 0.1) is 0 Å². The van der Waals surface area contributed by atoms with Crippen LogP contribution >= 0.6 is 11.6 Å². The highest BCUT2D eigenvalue weighted by Crippen LogP contribution is 2.36. The van der Waals surface area contributed by atoms with Gasteiger partial charge in [-0.05, 0) is 36.2 Å². The molecule has 3 rings (SSSR count). The van der Waals surface area contributed by atoms with Crippen LogP contribution < -0.4 is 16.0 Å². The lowest BCUT2D eigenvalue weighted by atomic mass is 9.94. The summed E-state index contributed by atoms with van der Waals surface area (Å²) < 4.78 is 0. The first-order valence-corrected chi connectivity index (χ1v) is 8.07. The second-order valence-electron chi connectivity index (χ2n) is 5.83. The van der Waals surface area contributed by atoms with Gasteiger partial charge in [0.05, 0.1) is 6.04 Å². The number of carbonyl (C=O) groups excluding carboxylic acids is 2. The van der Waals surface area contributed by atoms with Crippen molar-refractivity contribution in [2.45, 2.75) is 25.4 Å². The van der Waals surface area contributed by atoms with E-state index in [2.05, 4.69) is 5.32 Å². The Morgan fingerprint density at radius 1 is 1.29 bits per heavy atom. The summed E-state index contributed by atoms with van der Waals surface area (Å²) in [6, 6.07) is 13.6. The molecule has 124 valence electrons. The number of urea groups is 1. The van der Waals surface area contributed by atoms with E-state index in [-0.39, 0.29) is 11.9 Å². The van der Waals surface area contributed by atoms with Crippen LogP contribution in [-0.2, 0) is 11.2 Å². The Hall–Kier alpha value is -2.53. The van der Waals surface area contributed by atoms with Crippen LogP contribution in [0.2, 0.25) is 5.02 Å². The molecule has 0 fully saturated rings. The molecule has 6 heteroatoms. The molecule has 0 unspecified atom stereocenters. The zero-order valence-corrected chi connectivity index (χ0v) is 14.0. The number of nitrogens with two attached hydrogens (primary N) is 1. The van der Waals surface area contributed by atoms with Crippen molar-refractivity contribution in [3.05, 3.63) is 64.7 Å². The monoisotopic (exact) mass is 343 g/mol. The molecule has 0 aromatic heterocycles. The minimum atomic E-state index is -0.717. The molecule has 0 saturated carbocycles. The Morgan fingerprint density at radius 2 is 2.00 bits per heavy atom. The molecule has 0 aliphatic carbocycles. The predicted molar refractivity (Wildman–Crippen MR) is 94.0 cm³/mol. The molecule has 2 aromatic rings. The molecular weight excluding hydrogens is 326 g/mol.